The summed E-state index contributed by atoms with van der Waals surface area (Å²) >= 11 is 1.55. The standard InChI is InChI=1S/C20H21N3O2S/c1-3-22-17-7-5-4-6-16(17)20(18(22)24)23(12-13-26-20)19(25)21-15-10-8-14(2)9-11-15/h4-11H,3,12-13H2,1-2H3,(H,21,25)/t20-/m1/s1. The smallest absolute Gasteiger partial charge is 0.309 e. The molecule has 1 spiro atoms. The molecule has 0 unspecified atom stereocenters. The lowest BCUT2D eigenvalue weighted by molar-refractivity contribution is -0.123. The fraction of sp³-hybridized carbons (Fsp3) is 0.300. The second kappa shape index (κ2) is 6.36. The van der Waals surface area contributed by atoms with Crippen LogP contribution in [0.1, 0.15) is 18.1 Å². The van der Waals surface area contributed by atoms with Crippen molar-refractivity contribution in [2.24, 2.45) is 0 Å². The first kappa shape index (κ1) is 17.0. The first-order valence-electron chi connectivity index (χ1n) is 8.78. The van der Waals surface area contributed by atoms with Gasteiger partial charge in [-0.25, -0.2) is 4.79 Å². The van der Waals surface area contributed by atoms with Crippen molar-refractivity contribution >= 4 is 35.1 Å². The number of amides is 3. The van der Waals surface area contributed by atoms with E-state index in [9.17, 15) is 9.59 Å². The number of nitrogens with one attached hydrogen (secondary N) is 1. The Kier molecular flexibility index (Phi) is 4.15. The molecule has 2 heterocycles. The number of fused-ring (bicyclic) bond motifs is 2. The summed E-state index contributed by atoms with van der Waals surface area (Å²) in [6, 6.07) is 15.2. The Bertz CT molecular complexity index is 868. The SMILES string of the molecule is CCN1C(=O)[C@]2(SCCN2C(=O)Nc2ccc(C)cc2)c2ccccc21. The average molecular weight is 367 g/mol. The number of aryl methyl sites for hydroxylation is 1. The van der Waals surface area contributed by atoms with Gasteiger partial charge >= 0.3 is 6.03 Å². The van der Waals surface area contributed by atoms with Crippen LogP contribution in [0.25, 0.3) is 0 Å². The second-order valence-corrected chi connectivity index (χ2v) is 7.79. The fourth-order valence-corrected chi connectivity index (χ4v) is 5.17. The van der Waals surface area contributed by atoms with Gasteiger partial charge in [-0.1, -0.05) is 35.9 Å². The second-order valence-electron chi connectivity index (χ2n) is 6.51. The number of carbonyl (C=O) groups is 2. The first-order chi connectivity index (χ1) is 12.6. The van der Waals surface area contributed by atoms with Crippen LogP contribution in [0.15, 0.2) is 48.5 Å². The number of para-hydroxylation sites is 1. The van der Waals surface area contributed by atoms with Gasteiger partial charge < -0.3 is 10.2 Å². The molecular formula is C20H21N3O2S. The molecule has 1 N–H and O–H groups in total. The van der Waals surface area contributed by atoms with Crippen LogP contribution in [0.2, 0.25) is 0 Å². The largest absolute Gasteiger partial charge is 0.323 e. The molecule has 0 saturated carbocycles. The summed E-state index contributed by atoms with van der Waals surface area (Å²) in [7, 11) is 0. The van der Waals surface area contributed by atoms with E-state index in [-0.39, 0.29) is 11.9 Å². The number of rotatable bonds is 2. The third-order valence-corrected chi connectivity index (χ3v) is 6.38. The average Bonchev–Trinajstić information content (AvgIpc) is 3.19. The fourth-order valence-electron chi connectivity index (χ4n) is 3.71. The number of nitrogens with zero attached hydrogens (tertiary/aromatic N) is 2. The van der Waals surface area contributed by atoms with Crippen LogP contribution in [-0.4, -0.2) is 35.7 Å². The summed E-state index contributed by atoms with van der Waals surface area (Å²) in [6.07, 6.45) is 0. The van der Waals surface area contributed by atoms with Crippen LogP contribution in [-0.2, 0) is 9.67 Å². The minimum atomic E-state index is -0.957. The van der Waals surface area contributed by atoms with Gasteiger partial charge in [0.1, 0.15) is 0 Å². The van der Waals surface area contributed by atoms with Crippen molar-refractivity contribution in [1.29, 1.82) is 0 Å². The van der Waals surface area contributed by atoms with Gasteiger partial charge in [0.15, 0.2) is 4.87 Å². The van der Waals surface area contributed by atoms with E-state index in [1.165, 1.54) is 0 Å². The van der Waals surface area contributed by atoms with Crippen LogP contribution >= 0.6 is 11.8 Å². The predicted molar refractivity (Wildman–Crippen MR) is 106 cm³/mol. The van der Waals surface area contributed by atoms with Crippen LogP contribution in [0.4, 0.5) is 16.2 Å². The van der Waals surface area contributed by atoms with E-state index < -0.39 is 4.87 Å². The van der Waals surface area contributed by atoms with E-state index in [0.29, 0.717) is 13.1 Å². The normalized spacial score (nSPS) is 21.4. The molecule has 0 radical (unpaired) electrons. The topological polar surface area (TPSA) is 52.7 Å². The van der Waals surface area contributed by atoms with E-state index in [1.807, 2.05) is 62.4 Å². The van der Waals surface area contributed by atoms with Crippen molar-refractivity contribution < 1.29 is 9.59 Å². The number of hydrogen-bond acceptors (Lipinski definition) is 3. The van der Waals surface area contributed by atoms with Crippen LogP contribution in [0, 0.1) is 6.92 Å². The van der Waals surface area contributed by atoms with Gasteiger partial charge in [-0.05, 0) is 32.0 Å². The summed E-state index contributed by atoms with van der Waals surface area (Å²) in [5.74, 6) is 0.710. The van der Waals surface area contributed by atoms with Crippen LogP contribution in [0.5, 0.6) is 0 Å². The lowest BCUT2D eigenvalue weighted by Crippen LogP contribution is -2.51. The lowest BCUT2D eigenvalue weighted by Gasteiger charge is -2.33. The highest BCUT2D eigenvalue weighted by Crippen LogP contribution is 2.53. The molecule has 2 aliphatic heterocycles. The van der Waals surface area contributed by atoms with Gasteiger partial charge in [-0.15, -0.1) is 11.8 Å². The summed E-state index contributed by atoms with van der Waals surface area (Å²) in [5.41, 5.74) is 3.68. The zero-order valence-corrected chi connectivity index (χ0v) is 15.7. The van der Waals surface area contributed by atoms with Crippen molar-refractivity contribution in [3.63, 3.8) is 0 Å². The maximum atomic E-state index is 13.3. The molecule has 5 nitrogen and oxygen atoms in total. The maximum Gasteiger partial charge on any atom is 0.323 e. The molecule has 2 aliphatic rings. The number of anilines is 2. The molecule has 2 aromatic rings. The van der Waals surface area contributed by atoms with Crippen LogP contribution in [0.3, 0.4) is 0 Å². The summed E-state index contributed by atoms with van der Waals surface area (Å²) in [5, 5.41) is 2.95. The molecule has 0 aliphatic carbocycles. The molecule has 3 amide bonds. The highest BCUT2D eigenvalue weighted by molar-refractivity contribution is 8.01. The van der Waals surface area contributed by atoms with Gasteiger partial charge in [0, 0.05) is 30.1 Å². The molecule has 0 bridgehead atoms. The molecule has 1 saturated heterocycles. The van der Waals surface area contributed by atoms with E-state index in [4.69, 9.17) is 0 Å². The van der Waals surface area contributed by atoms with Gasteiger partial charge in [0.25, 0.3) is 5.91 Å². The number of hydrogen-bond donors (Lipinski definition) is 1. The minimum Gasteiger partial charge on any atom is -0.309 e. The summed E-state index contributed by atoms with van der Waals surface area (Å²) < 4.78 is 0. The monoisotopic (exact) mass is 367 g/mol. The van der Waals surface area contributed by atoms with Crippen LogP contribution < -0.4 is 10.2 Å². The van der Waals surface area contributed by atoms with Crippen molar-refractivity contribution in [3.8, 4) is 0 Å². The Balaban J connectivity index is 1.70. The summed E-state index contributed by atoms with van der Waals surface area (Å²) in [6.45, 7) is 5.10. The number of carbonyl (C=O) groups excluding carboxylic acids is 2. The van der Waals surface area contributed by atoms with Gasteiger partial charge in [0.2, 0.25) is 0 Å². The minimum absolute atomic E-state index is 0.0252. The van der Waals surface area contributed by atoms with E-state index >= 15 is 0 Å². The Morgan fingerprint density at radius 1 is 1.19 bits per heavy atom. The molecular weight excluding hydrogens is 346 g/mol. The summed E-state index contributed by atoms with van der Waals surface area (Å²) in [4.78, 5) is 28.9. The van der Waals surface area contributed by atoms with Gasteiger partial charge in [0.05, 0.1) is 5.69 Å². The molecule has 4 rings (SSSR count). The Hall–Kier alpha value is -2.47. The van der Waals surface area contributed by atoms with E-state index in [0.717, 1.165) is 28.3 Å². The van der Waals surface area contributed by atoms with Crippen molar-refractivity contribution in [1.82, 2.24) is 4.90 Å². The zero-order valence-electron chi connectivity index (χ0n) is 14.9. The van der Waals surface area contributed by atoms with Crippen molar-refractivity contribution in [2.45, 2.75) is 18.7 Å². The quantitative estimate of drug-likeness (QED) is 0.878. The van der Waals surface area contributed by atoms with E-state index in [2.05, 4.69) is 5.32 Å². The van der Waals surface area contributed by atoms with E-state index in [1.54, 1.807) is 21.6 Å². The highest BCUT2D eigenvalue weighted by atomic mass is 32.2. The zero-order chi connectivity index (χ0) is 18.3. The molecule has 134 valence electrons. The molecule has 0 aromatic heterocycles. The third kappa shape index (κ3) is 2.40. The molecule has 26 heavy (non-hydrogen) atoms. The molecule has 6 heteroatoms. The third-order valence-electron chi connectivity index (χ3n) is 4.97. The first-order valence-corrected chi connectivity index (χ1v) is 9.77. The molecule has 1 fully saturated rings. The van der Waals surface area contributed by atoms with Crippen molar-refractivity contribution in [2.75, 3.05) is 29.1 Å². The van der Waals surface area contributed by atoms with Crippen molar-refractivity contribution in [3.05, 3.63) is 59.7 Å². The number of benzene rings is 2. The predicted octanol–water partition coefficient (Wildman–Crippen LogP) is 3.80. The molecule has 2 aromatic carbocycles. The Labute approximate surface area is 157 Å². The highest BCUT2D eigenvalue weighted by Gasteiger charge is 2.59. The van der Waals surface area contributed by atoms with Gasteiger partial charge in [-0.3, -0.25) is 9.69 Å². The lowest BCUT2D eigenvalue weighted by atomic mass is 10.1. The Morgan fingerprint density at radius 2 is 1.92 bits per heavy atom. The van der Waals surface area contributed by atoms with Gasteiger partial charge in [-0.2, -0.15) is 0 Å². The number of urea groups is 1. The maximum absolute atomic E-state index is 13.3. The number of likely N-dealkylation sites (N-methyl/N-ethyl adjacent to an activating group) is 1. The Morgan fingerprint density at radius 3 is 2.65 bits per heavy atom. The molecule has 1 atom stereocenters. The number of thioether (sulfide) groups is 1.